The topological polar surface area (TPSA) is 23.5 Å². The highest BCUT2D eigenvalue weighted by molar-refractivity contribution is 9.10. The molecular formula is C11H16BrNOS. The van der Waals surface area contributed by atoms with Crippen molar-refractivity contribution in [3.8, 4) is 0 Å². The maximum absolute atomic E-state index is 10.5. The first-order valence-electron chi connectivity index (χ1n) is 5.15. The van der Waals surface area contributed by atoms with Gasteiger partial charge in [0.25, 0.3) is 0 Å². The quantitative estimate of drug-likeness (QED) is 0.904. The summed E-state index contributed by atoms with van der Waals surface area (Å²) >= 11 is 5.23. The number of halogens is 1. The smallest absolute Gasteiger partial charge is 0.0837 e. The number of nitrogens with zero attached hydrogens (tertiary/aromatic N) is 1. The van der Waals surface area contributed by atoms with E-state index in [4.69, 9.17) is 0 Å². The van der Waals surface area contributed by atoms with Crippen LogP contribution in [0.2, 0.25) is 0 Å². The van der Waals surface area contributed by atoms with Crippen LogP contribution in [0.3, 0.4) is 0 Å². The fraction of sp³-hybridized carbons (Fsp3) is 0.636. The Balaban J connectivity index is 2.09. The minimum absolute atomic E-state index is 0.480. The number of hydrogen-bond acceptors (Lipinski definition) is 3. The predicted molar refractivity (Wildman–Crippen MR) is 67.4 cm³/mol. The second kappa shape index (κ2) is 4.17. The molecule has 2 unspecified atom stereocenters. The molecule has 0 amide bonds. The molecule has 1 aliphatic rings. The molecule has 0 saturated carbocycles. The highest BCUT2D eigenvalue weighted by Crippen LogP contribution is 2.33. The molecule has 15 heavy (non-hydrogen) atoms. The van der Waals surface area contributed by atoms with Gasteiger partial charge in [0.15, 0.2) is 0 Å². The van der Waals surface area contributed by atoms with Gasteiger partial charge < -0.3 is 10.0 Å². The lowest BCUT2D eigenvalue weighted by Crippen LogP contribution is -2.34. The van der Waals surface area contributed by atoms with Crippen molar-refractivity contribution in [2.45, 2.75) is 31.4 Å². The molecule has 1 aromatic heterocycles. The van der Waals surface area contributed by atoms with Gasteiger partial charge in [-0.15, -0.1) is 11.3 Å². The summed E-state index contributed by atoms with van der Waals surface area (Å²) in [7, 11) is 2.08. The van der Waals surface area contributed by atoms with Crippen molar-refractivity contribution < 1.29 is 5.11 Å². The van der Waals surface area contributed by atoms with E-state index >= 15 is 0 Å². The van der Waals surface area contributed by atoms with Crippen molar-refractivity contribution in [3.63, 3.8) is 0 Å². The highest BCUT2D eigenvalue weighted by Gasteiger charge is 2.39. The SMILES string of the molecule is CC1CC(O)(Cc2sccc2Br)CN1C. The first-order chi connectivity index (χ1) is 7.00. The molecule has 1 aromatic rings. The fourth-order valence-electron chi connectivity index (χ4n) is 2.27. The van der Waals surface area contributed by atoms with E-state index in [0.29, 0.717) is 6.04 Å². The molecule has 1 saturated heterocycles. The molecule has 1 fully saturated rings. The molecule has 2 heterocycles. The minimum atomic E-state index is -0.540. The van der Waals surface area contributed by atoms with E-state index in [2.05, 4.69) is 40.2 Å². The molecule has 4 heteroatoms. The van der Waals surface area contributed by atoms with Gasteiger partial charge in [0.1, 0.15) is 0 Å². The summed E-state index contributed by atoms with van der Waals surface area (Å²) in [5.41, 5.74) is -0.540. The van der Waals surface area contributed by atoms with Crippen LogP contribution in [0.5, 0.6) is 0 Å². The number of likely N-dealkylation sites (N-methyl/N-ethyl adjacent to an activating group) is 1. The van der Waals surface area contributed by atoms with Gasteiger partial charge in [0.05, 0.1) is 5.60 Å². The van der Waals surface area contributed by atoms with E-state index in [1.807, 2.05) is 6.07 Å². The second-order valence-corrected chi connectivity index (χ2v) is 6.42. The van der Waals surface area contributed by atoms with Gasteiger partial charge in [-0.1, -0.05) is 0 Å². The van der Waals surface area contributed by atoms with E-state index in [9.17, 15) is 5.11 Å². The summed E-state index contributed by atoms with van der Waals surface area (Å²) in [6.45, 7) is 2.94. The summed E-state index contributed by atoms with van der Waals surface area (Å²) < 4.78 is 1.13. The van der Waals surface area contributed by atoms with Gasteiger partial charge in [-0.2, -0.15) is 0 Å². The lowest BCUT2D eigenvalue weighted by atomic mass is 9.96. The Morgan fingerprint density at radius 3 is 2.93 bits per heavy atom. The van der Waals surface area contributed by atoms with Gasteiger partial charge in [-0.3, -0.25) is 0 Å². The Kier molecular flexibility index (Phi) is 3.22. The standard InChI is InChI=1S/C11H16BrNOS/c1-8-5-11(14,7-13(8)2)6-10-9(12)3-4-15-10/h3-4,8,14H,5-7H2,1-2H3. The van der Waals surface area contributed by atoms with Crippen molar-refractivity contribution >= 4 is 27.3 Å². The van der Waals surface area contributed by atoms with Crippen LogP contribution in [0.25, 0.3) is 0 Å². The molecule has 1 aliphatic heterocycles. The molecule has 2 atom stereocenters. The molecule has 2 rings (SSSR count). The fourth-order valence-corrected chi connectivity index (χ4v) is 3.90. The van der Waals surface area contributed by atoms with Crippen molar-refractivity contribution in [1.29, 1.82) is 0 Å². The van der Waals surface area contributed by atoms with Crippen molar-refractivity contribution in [3.05, 3.63) is 20.8 Å². The van der Waals surface area contributed by atoms with Crippen LogP contribution in [0, 0.1) is 0 Å². The third-order valence-electron chi connectivity index (χ3n) is 3.15. The lowest BCUT2D eigenvalue weighted by Gasteiger charge is -2.21. The largest absolute Gasteiger partial charge is 0.388 e. The molecule has 84 valence electrons. The maximum atomic E-state index is 10.5. The van der Waals surface area contributed by atoms with E-state index in [1.165, 1.54) is 4.88 Å². The third kappa shape index (κ3) is 2.44. The van der Waals surface area contributed by atoms with Crippen LogP contribution in [-0.4, -0.2) is 35.2 Å². The third-order valence-corrected chi connectivity index (χ3v) is 5.08. The summed E-state index contributed by atoms with van der Waals surface area (Å²) in [6, 6.07) is 2.53. The van der Waals surface area contributed by atoms with Crippen LogP contribution >= 0.6 is 27.3 Å². The Labute approximate surface area is 103 Å². The van der Waals surface area contributed by atoms with Crippen LogP contribution in [0.4, 0.5) is 0 Å². The van der Waals surface area contributed by atoms with Gasteiger partial charge >= 0.3 is 0 Å². The normalized spacial score (nSPS) is 32.4. The van der Waals surface area contributed by atoms with E-state index in [-0.39, 0.29) is 0 Å². The van der Waals surface area contributed by atoms with Crippen LogP contribution in [0.1, 0.15) is 18.2 Å². The highest BCUT2D eigenvalue weighted by atomic mass is 79.9. The first-order valence-corrected chi connectivity index (χ1v) is 6.82. The first kappa shape index (κ1) is 11.6. The van der Waals surface area contributed by atoms with E-state index < -0.39 is 5.60 Å². The number of rotatable bonds is 2. The zero-order chi connectivity index (χ0) is 11.1. The lowest BCUT2D eigenvalue weighted by molar-refractivity contribution is 0.0527. The maximum Gasteiger partial charge on any atom is 0.0837 e. The number of hydrogen-bond donors (Lipinski definition) is 1. The monoisotopic (exact) mass is 289 g/mol. The summed E-state index contributed by atoms with van der Waals surface area (Å²) in [5, 5.41) is 12.5. The molecular weight excluding hydrogens is 274 g/mol. The number of β-amino-alcohol motifs (C(OH)–C–C–N with tert-alkyl or cyclic N) is 1. The number of likely N-dealkylation sites (tertiary alicyclic amines) is 1. The molecule has 0 radical (unpaired) electrons. The average Bonchev–Trinajstić information content (AvgIpc) is 2.60. The van der Waals surface area contributed by atoms with Crippen LogP contribution in [-0.2, 0) is 6.42 Å². The Hall–Kier alpha value is 0.1000. The summed E-state index contributed by atoms with van der Waals surface area (Å²) in [4.78, 5) is 3.47. The van der Waals surface area contributed by atoms with Gasteiger partial charge in [0, 0.05) is 28.4 Å². The second-order valence-electron chi connectivity index (χ2n) is 4.56. The summed E-state index contributed by atoms with van der Waals surface area (Å²) in [6.07, 6.45) is 1.63. The van der Waals surface area contributed by atoms with E-state index in [1.54, 1.807) is 11.3 Å². The predicted octanol–water partition coefficient (Wildman–Crippen LogP) is 2.51. The molecule has 0 aromatic carbocycles. The van der Waals surface area contributed by atoms with Crippen LogP contribution < -0.4 is 0 Å². The van der Waals surface area contributed by atoms with E-state index in [0.717, 1.165) is 23.9 Å². The van der Waals surface area contributed by atoms with Crippen molar-refractivity contribution in [2.24, 2.45) is 0 Å². The molecule has 1 N–H and O–H groups in total. The molecule has 0 aliphatic carbocycles. The number of thiophene rings is 1. The van der Waals surface area contributed by atoms with Crippen LogP contribution in [0.15, 0.2) is 15.9 Å². The average molecular weight is 290 g/mol. The van der Waals surface area contributed by atoms with Gasteiger partial charge in [0.2, 0.25) is 0 Å². The Bertz CT molecular complexity index is 342. The van der Waals surface area contributed by atoms with Crippen molar-refractivity contribution in [2.75, 3.05) is 13.6 Å². The summed E-state index contributed by atoms with van der Waals surface area (Å²) in [5.74, 6) is 0. The molecule has 0 bridgehead atoms. The Morgan fingerprint density at radius 1 is 1.73 bits per heavy atom. The minimum Gasteiger partial charge on any atom is -0.388 e. The molecule has 2 nitrogen and oxygen atoms in total. The molecule has 0 spiro atoms. The van der Waals surface area contributed by atoms with Crippen molar-refractivity contribution in [1.82, 2.24) is 4.90 Å². The Morgan fingerprint density at radius 2 is 2.47 bits per heavy atom. The van der Waals surface area contributed by atoms with Gasteiger partial charge in [-0.05, 0) is 47.8 Å². The zero-order valence-corrected chi connectivity index (χ0v) is 11.4. The number of aliphatic hydroxyl groups is 1. The zero-order valence-electron chi connectivity index (χ0n) is 9.03. The van der Waals surface area contributed by atoms with Gasteiger partial charge in [-0.25, -0.2) is 0 Å².